The third-order valence-corrected chi connectivity index (χ3v) is 4.70. The van der Waals surface area contributed by atoms with E-state index in [-0.39, 0.29) is 29.7 Å². The molecule has 2 rings (SSSR count). The minimum atomic E-state index is -0.628. The topological polar surface area (TPSA) is 111 Å². The number of esters is 2. The van der Waals surface area contributed by atoms with Gasteiger partial charge in [-0.25, -0.2) is 4.79 Å². The number of nitrogens with one attached hydrogen (secondary N) is 1. The summed E-state index contributed by atoms with van der Waals surface area (Å²) in [6.07, 6.45) is 1.96. The van der Waals surface area contributed by atoms with Crippen molar-refractivity contribution >= 4 is 23.3 Å². The van der Waals surface area contributed by atoms with Crippen LogP contribution in [0.2, 0.25) is 0 Å². The van der Waals surface area contributed by atoms with Gasteiger partial charge in [-0.15, -0.1) is 0 Å². The third kappa shape index (κ3) is 5.40. The highest BCUT2D eigenvalue weighted by Crippen LogP contribution is 2.28. The first-order valence-electron chi connectivity index (χ1n) is 8.76. The second-order valence-electron chi connectivity index (χ2n) is 6.63. The first-order valence-corrected chi connectivity index (χ1v) is 8.76. The molecule has 1 heterocycles. The number of rotatable bonds is 7. The minimum Gasteiger partial charge on any atom is -0.468 e. The van der Waals surface area contributed by atoms with Gasteiger partial charge in [0.1, 0.15) is 0 Å². The van der Waals surface area contributed by atoms with Gasteiger partial charge in [0, 0.05) is 30.4 Å². The van der Waals surface area contributed by atoms with Gasteiger partial charge in [0.15, 0.2) is 0 Å². The summed E-state index contributed by atoms with van der Waals surface area (Å²) in [5.41, 5.74) is 0.987. The van der Waals surface area contributed by atoms with Gasteiger partial charge >= 0.3 is 11.9 Å². The van der Waals surface area contributed by atoms with E-state index in [4.69, 9.17) is 9.47 Å². The number of anilines is 1. The molecule has 1 aromatic rings. The lowest BCUT2D eigenvalue weighted by Crippen LogP contribution is -2.41. The summed E-state index contributed by atoms with van der Waals surface area (Å²) in [6, 6.07) is 2.84. The molecule has 0 amide bonds. The zero-order valence-electron chi connectivity index (χ0n) is 15.8. The molecule has 9 nitrogen and oxygen atoms in total. The fourth-order valence-electron chi connectivity index (χ4n) is 3.28. The molecule has 1 fully saturated rings. The Kier molecular flexibility index (Phi) is 7.12. The number of nitro benzene ring substituents is 1. The number of likely N-dealkylation sites (tertiary alicyclic amines) is 1. The molecule has 0 unspecified atom stereocenters. The van der Waals surface area contributed by atoms with E-state index in [9.17, 15) is 19.7 Å². The Morgan fingerprint density at radius 3 is 2.70 bits per heavy atom. The van der Waals surface area contributed by atoms with Crippen molar-refractivity contribution in [2.45, 2.75) is 19.8 Å². The summed E-state index contributed by atoms with van der Waals surface area (Å²) in [6.45, 7) is 4.05. The van der Waals surface area contributed by atoms with Gasteiger partial charge < -0.3 is 14.8 Å². The van der Waals surface area contributed by atoms with E-state index in [1.165, 1.54) is 20.3 Å². The zero-order chi connectivity index (χ0) is 20.0. The molecule has 0 saturated carbocycles. The Morgan fingerprint density at radius 1 is 1.33 bits per heavy atom. The van der Waals surface area contributed by atoms with Crippen molar-refractivity contribution in [2.75, 3.05) is 45.7 Å². The number of piperidine rings is 1. The van der Waals surface area contributed by atoms with Crippen LogP contribution in [-0.2, 0) is 14.3 Å². The van der Waals surface area contributed by atoms with Crippen LogP contribution in [0, 0.1) is 23.0 Å². The van der Waals surface area contributed by atoms with Gasteiger partial charge in [0.25, 0.3) is 5.69 Å². The van der Waals surface area contributed by atoms with Crippen LogP contribution < -0.4 is 5.32 Å². The molecular weight excluding hydrogens is 354 g/mol. The molecule has 148 valence electrons. The Hall–Kier alpha value is -2.68. The molecule has 27 heavy (non-hydrogen) atoms. The van der Waals surface area contributed by atoms with E-state index >= 15 is 0 Å². The van der Waals surface area contributed by atoms with Crippen LogP contribution in [0.5, 0.6) is 0 Å². The van der Waals surface area contributed by atoms with Crippen LogP contribution in [-0.4, -0.2) is 62.2 Å². The summed E-state index contributed by atoms with van der Waals surface area (Å²) in [7, 11) is 2.61. The Bertz CT molecular complexity index is 721. The minimum absolute atomic E-state index is 0.122. The number of hydrogen-bond donors (Lipinski definition) is 1. The van der Waals surface area contributed by atoms with Crippen LogP contribution in [0.15, 0.2) is 12.1 Å². The van der Waals surface area contributed by atoms with Crippen LogP contribution >= 0.6 is 0 Å². The van der Waals surface area contributed by atoms with Gasteiger partial charge in [-0.2, -0.15) is 0 Å². The maximum Gasteiger partial charge on any atom is 0.340 e. The van der Waals surface area contributed by atoms with Crippen LogP contribution in [0.4, 0.5) is 11.4 Å². The van der Waals surface area contributed by atoms with Gasteiger partial charge in [0.2, 0.25) is 0 Å². The first kappa shape index (κ1) is 20.6. The van der Waals surface area contributed by atoms with E-state index in [0.717, 1.165) is 25.9 Å². The number of benzene rings is 1. The monoisotopic (exact) mass is 379 g/mol. The Balaban J connectivity index is 2.10. The number of ether oxygens (including phenoxy) is 2. The summed E-state index contributed by atoms with van der Waals surface area (Å²) in [5.74, 6) is -0.608. The van der Waals surface area contributed by atoms with Gasteiger partial charge in [-0.05, 0) is 38.3 Å². The molecule has 1 aliphatic rings. The summed E-state index contributed by atoms with van der Waals surface area (Å²) in [5, 5.41) is 14.4. The SMILES string of the molecule is COC(=O)CN1CCC[C@@H](CNc2cc(C)c([N+](=O)[O-])cc2C(=O)OC)C1. The molecule has 9 heteroatoms. The number of carbonyl (C=O) groups is 2. The number of nitrogens with zero attached hydrogens (tertiary/aromatic N) is 2. The molecule has 0 bridgehead atoms. The van der Waals surface area contributed by atoms with Gasteiger partial charge in [0.05, 0.1) is 31.3 Å². The largest absolute Gasteiger partial charge is 0.468 e. The van der Waals surface area contributed by atoms with Crippen molar-refractivity contribution in [1.82, 2.24) is 4.90 Å². The molecule has 0 radical (unpaired) electrons. The smallest absolute Gasteiger partial charge is 0.340 e. The summed E-state index contributed by atoms with van der Waals surface area (Å²) < 4.78 is 9.47. The van der Waals surface area contributed by atoms with Crippen molar-refractivity contribution in [2.24, 2.45) is 5.92 Å². The quantitative estimate of drug-likeness (QED) is 0.435. The van der Waals surface area contributed by atoms with Crippen molar-refractivity contribution in [3.8, 4) is 0 Å². The van der Waals surface area contributed by atoms with E-state index in [0.29, 0.717) is 17.8 Å². The fourth-order valence-corrected chi connectivity index (χ4v) is 3.28. The predicted molar refractivity (Wildman–Crippen MR) is 98.8 cm³/mol. The van der Waals surface area contributed by atoms with Crippen LogP contribution in [0.25, 0.3) is 0 Å². The molecule has 1 atom stereocenters. The molecule has 1 N–H and O–H groups in total. The van der Waals surface area contributed by atoms with Crippen LogP contribution in [0.1, 0.15) is 28.8 Å². The highest BCUT2D eigenvalue weighted by atomic mass is 16.6. The second-order valence-corrected chi connectivity index (χ2v) is 6.63. The summed E-state index contributed by atoms with van der Waals surface area (Å²) >= 11 is 0. The van der Waals surface area contributed by atoms with E-state index in [2.05, 4.69) is 5.32 Å². The lowest BCUT2D eigenvalue weighted by molar-refractivity contribution is -0.385. The average Bonchev–Trinajstić information content (AvgIpc) is 2.65. The number of aryl methyl sites for hydroxylation is 1. The molecular formula is C18H25N3O6. The Labute approximate surface area is 157 Å². The zero-order valence-corrected chi connectivity index (χ0v) is 15.8. The second kappa shape index (κ2) is 9.31. The van der Waals surface area contributed by atoms with Gasteiger partial charge in [-0.1, -0.05) is 0 Å². The first-order chi connectivity index (χ1) is 12.8. The maximum atomic E-state index is 12.0. The summed E-state index contributed by atoms with van der Waals surface area (Å²) in [4.78, 5) is 36.2. The lowest BCUT2D eigenvalue weighted by atomic mass is 9.97. The molecule has 1 aromatic carbocycles. The van der Waals surface area contributed by atoms with E-state index < -0.39 is 10.9 Å². The third-order valence-electron chi connectivity index (χ3n) is 4.70. The molecule has 1 saturated heterocycles. The highest BCUT2D eigenvalue weighted by Gasteiger charge is 2.24. The highest BCUT2D eigenvalue weighted by molar-refractivity contribution is 5.96. The molecule has 0 spiro atoms. The van der Waals surface area contributed by atoms with E-state index in [1.807, 2.05) is 4.90 Å². The van der Waals surface area contributed by atoms with Gasteiger partial charge in [-0.3, -0.25) is 19.8 Å². The molecule has 1 aliphatic heterocycles. The van der Waals surface area contributed by atoms with E-state index in [1.54, 1.807) is 13.0 Å². The lowest BCUT2D eigenvalue weighted by Gasteiger charge is -2.32. The number of carbonyl (C=O) groups excluding carboxylic acids is 2. The predicted octanol–water partition coefficient (Wildman–Crippen LogP) is 1.99. The standard InChI is InChI=1S/C18H25N3O6/c1-12-7-15(14(18(23)27-3)8-16(12)21(24)25)19-9-13-5-4-6-20(10-13)11-17(22)26-2/h7-8,13,19H,4-6,9-11H2,1-3H3/t13-/m0/s1. The fraction of sp³-hybridized carbons (Fsp3) is 0.556. The maximum absolute atomic E-state index is 12.0. The van der Waals surface area contributed by atoms with Crippen molar-refractivity contribution in [3.05, 3.63) is 33.4 Å². The number of methoxy groups -OCH3 is 2. The average molecular weight is 379 g/mol. The Morgan fingerprint density at radius 2 is 2.07 bits per heavy atom. The van der Waals surface area contributed by atoms with Crippen LogP contribution in [0.3, 0.4) is 0 Å². The van der Waals surface area contributed by atoms with Crippen molar-refractivity contribution < 1.29 is 24.0 Å². The normalized spacial score (nSPS) is 17.2. The number of nitro groups is 1. The molecule has 0 aliphatic carbocycles. The number of hydrogen-bond acceptors (Lipinski definition) is 8. The van der Waals surface area contributed by atoms with Crippen molar-refractivity contribution in [1.29, 1.82) is 0 Å². The molecule has 0 aromatic heterocycles. The van der Waals surface area contributed by atoms with Crippen molar-refractivity contribution in [3.63, 3.8) is 0 Å².